The number of amides is 2. The van der Waals surface area contributed by atoms with Crippen LogP contribution in [0.5, 0.6) is 0 Å². The predicted octanol–water partition coefficient (Wildman–Crippen LogP) is 3.19. The van der Waals surface area contributed by atoms with E-state index in [0.717, 1.165) is 16.8 Å². The summed E-state index contributed by atoms with van der Waals surface area (Å²) in [5.41, 5.74) is 3.24. The predicted molar refractivity (Wildman–Crippen MR) is 96.6 cm³/mol. The second-order valence-corrected chi connectivity index (χ2v) is 7.43. The van der Waals surface area contributed by atoms with E-state index in [1.807, 2.05) is 39.0 Å². The van der Waals surface area contributed by atoms with Gasteiger partial charge in [-0.25, -0.2) is 9.78 Å². The lowest BCUT2D eigenvalue weighted by Gasteiger charge is -2.25. The van der Waals surface area contributed by atoms with Crippen LogP contribution < -0.4 is 5.32 Å². The van der Waals surface area contributed by atoms with Gasteiger partial charge < -0.3 is 14.6 Å². The van der Waals surface area contributed by atoms with Gasteiger partial charge in [-0.3, -0.25) is 4.21 Å². The maximum Gasteiger partial charge on any atom is 0.321 e. The normalized spacial score (nSPS) is 13.4. The Kier molecular flexibility index (Phi) is 5.77. The van der Waals surface area contributed by atoms with Crippen molar-refractivity contribution in [3.63, 3.8) is 0 Å². The Hall–Kier alpha value is -2.15. The molecule has 2 atom stereocenters. The molecule has 0 bridgehead atoms. The second-order valence-electron chi connectivity index (χ2n) is 5.95. The van der Waals surface area contributed by atoms with E-state index in [2.05, 4.69) is 10.3 Å². The summed E-state index contributed by atoms with van der Waals surface area (Å²) in [6, 6.07) is 5.30. The molecule has 2 rings (SSSR count). The van der Waals surface area contributed by atoms with E-state index in [0.29, 0.717) is 17.3 Å². The number of nitrogens with one attached hydrogen (secondary N) is 1. The molecule has 2 unspecified atom stereocenters. The summed E-state index contributed by atoms with van der Waals surface area (Å²) in [6.45, 7) is 5.66. The highest BCUT2D eigenvalue weighted by Crippen LogP contribution is 2.25. The van der Waals surface area contributed by atoms with Crippen LogP contribution in [0.15, 0.2) is 28.9 Å². The Morgan fingerprint density at radius 3 is 2.71 bits per heavy atom. The number of oxazole rings is 1. The zero-order valence-corrected chi connectivity index (χ0v) is 15.4. The number of anilines is 1. The van der Waals surface area contributed by atoms with Crippen molar-refractivity contribution < 1.29 is 13.4 Å². The molecule has 0 aliphatic heterocycles. The minimum Gasteiger partial charge on any atom is -0.444 e. The van der Waals surface area contributed by atoms with Crippen LogP contribution in [0.4, 0.5) is 10.5 Å². The number of urea groups is 1. The molecule has 0 aliphatic rings. The van der Waals surface area contributed by atoms with Crippen molar-refractivity contribution in [2.75, 3.05) is 24.4 Å². The Bertz CT molecular complexity index is 757. The summed E-state index contributed by atoms with van der Waals surface area (Å²) in [7, 11) is 0.746. The molecule has 1 N–H and O–H groups in total. The number of aryl methyl sites for hydroxylation is 2. The summed E-state index contributed by atoms with van der Waals surface area (Å²) >= 11 is 0. The Morgan fingerprint density at radius 2 is 2.12 bits per heavy atom. The maximum atomic E-state index is 12.4. The van der Waals surface area contributed by atoms with Gasteiger partial charge in [0.2, 0.25) is 5.89 Å². The molecule has 1 aromatic carbocycles. The van der Waals surface area contributed by atoms with Crippen LogP contribution >= 0.6 is 0 Å². The van der Waals surface area contributed by atoms with E-state index in [4.69, 9.17) is 4.42 Å². The van der Waals surface area contributed by atoms with E-state index < -0.39 is 10.8 Å². The standard InChI is InChI=1S/C17H23N3O3S/c1-11-6-7-14(16-18-12(2)9-23-16)8-15(11)19-17(21)20(4)13(3)10-24(5)22/h6-9,13H,10H2,1-5H3,(H,19,21). The monoisotopic (exact) mass is 349 g/mol. The Morgan fingerprint density at radius 1 is 1.42 bits per heavy atom. The van der Waals surface area contributed by atoms with Gasteiger partial charge in [-0.1, -0.05) is 6.07 Å². The van der Waals surface area contributed by atoms with Crippen LogP contribution in [0.1, 0.15) is 18.2 Å². The first-order chi connectivity index (χ1) is 11.3. The average Bonchev–Trinajstić information content (AvgIpc) is 2.94. The molecule has 0 fully saturated rings. The van der Waals surface area contributed by atoms with E-state index >= 15 is 0 Å². The van der Waals surface area contributed by atoms with E-state index in [1.165, 1.54) is 0 Å². The van der Waals surface area contributed by atoms with Crippen molar-refractivity contribution in [1.29, 1.82) is 0 Å². The van der Waals surface area contributed by atoms with Crippen molar-refractivity contribution in [2.45, 2.75) is 26.8 Å². The van der Waals surface area contributed by atoms with Crippen molar-refractivity contribution in [3.05, 3.63) is 35.7 Å². The maximum absolute atomic E-state index is 12.4. The molecule has 6 nitrogen and oxygen atoms in total. The first-order valence-corrected chi connectivity index (χ1v) is 9.37. The molecular formula is C17H23N3O3S. The SMILES string of the molecule is Cc1coc(-c2ccc(C)c(NC(=O)N(C)C(C)CS(C)=O)c2)n1. The fraction of sp³-hybridized carbons (Fsp3) is 0.412. The van der Waals surface area contributed by atoms with Gasteiger partial charge in [0, 0.05) is 47.1 Å². The number of hydrogen-bond acceptors (Lipinski definition) is 4. The molecule has 1 heterocycles. The number of aromatic nitrogens is 1. The third-order valence-electron chi connectivity index (χ3n) is 3.80. The minimum absolute atomic E-state index is 0.117. The number of carbonyl (C=O) groups is 1. The summed E-state index contributed by atoms with van der Waals surface area (Å²) < 4.78 is 16.7. The Labute approximate surface area is 144 Å². The topological polar surface area (TPSA) is 75.4 Å². The molecule has 2 amide bonds. The summed E-state index contributed by atoms with van der Waals surface area (Å²) in [6.07, 6.45) is 3.22. The lowest BCUT2D eigenvalue weighted by atomic mass is 10.1. The van der Waals surface area contributed by atoms with Crippen LogP contribution in [-0.4, -0.2) is 45.2 Å². The first kappa shape index (κ1) is 18.2. The van der Waals surface area contributed by atoms with E-state index in [1.54, 1.807) is 24.5 Å². The summed E-state index contributed by atoms with van der Waals surface area (Å²) in [4.78, 5) is 18.3. The number of rotatable bonds is 5. The van der Waals surface area contributed by atoms with E-state index in [-0.39, 0.29) is 12.1 Å². The third kappa shape index (κ3) is 4.44. The zero-order valence-electron chi connectivity index (χ0n) is 14.6. The van der Waals surface area contributed by atoms with Crippen LogP contribution in [-0.2, 0) is 10.8 Å². The van der Waals surface area contributed by atoms with Gasteiger partial charge in [-0.2, -0.15) is 0 Å². The van der Waals surface area contributed by atoms with Crippen molar-refractivity contribution >= 4 is 22.5 Å². The largest absolute Gasteiger partial charge is 0.444 e. The molecule has 0 saturated carbocycles. The average molecular weight is 349 g/mol. The highest BCUT2D eigenvalue weighted by molar-refractivity contribution is 7.84. The van der Waals surface area contributed by atoms with Gasteiger partial charge in [-0.05, 0) is 38.5 Å². The van der Waals surface area contributed by atoms with E-state index in [9.17, 15) is 9.00 Å². The molecule has 0 saturated heterocycles. The number of benzene rings is 1. The molecule has 24 heavy (non-hydrogen) atoms. The zero-order chi connectivity index (χ0) is 17.9. The molecular weight excluding hydrogens is 326 g/mol. The minimum atomic E-state index is -0.952. The fourth-order valence-corrected chi connectivity index (χ4v) is 3.13. The van der Waals surface area contributed by atoms with Crippen LogP contribution in [0, 0.1) is 13.8 Å². The number of nitrogens with zero attached hydrogens (tertiary/aromatic N) is 2. The van der Waals surface area contributed by atoms with Gasteiger partial charge in [-0.15, -0.1) is 0 Å². The highest BCUT2D eigenvalue weighted by Gasteiger charge is 2.18. The lowest BCUT2D eigenvalue weighted by Crippen LogP contribution is -2.41. The molecule has 2 aromatic rings. The highest BCUT2D eigenvalue weighted by atomic mass is 32.2. The van der Waals surface area contributed by atoms with Crippen LogP contribution in [0.3, 0.4) is 0 Å². The third-order valence-corrected chi connectivity index (χ3v) is 4.75. The van der Waals surface area contributed by atoms with Crippen LogP contribution in [0.2, 0.25) is 0 Å². The van der Waals surface area contributed by atoms with Crippen LogP contribution in [0.25, 0.3) is 11.5 Å². The molecule has 0 aliphatic carbocycles. The summed E-state index contributed by atoms with van der Waals surface area (Å²) in [5.74, 6) is 0.963. The Balaban J connectivity index is 2.16. The molecule has 7 heteroatoms. The van der Waals surface area contributed by atoms with Crippen molar-refractivity contribution in [1.82, 2.24) is 9.88 Å². The molecule has 1 aromatic heterocycles. The first-order valence-electron chi connectivity index (χ1n) is 7.65. The van der Waals surface area contributed by atoms with Crippen molar-refractivity contribution in [3.8, 4) is 11.5 Å². The molecule has 130 valence electrons. The fourth-order valence-electron chi connectivity index (χ4n) is 2.23. The molecule has 0 radical (unpaired) electrons. The molecule has 0 spiro atoms. The summed E-state index contributed by atoms with van der Waals surface area (Å²) in [5, 5.41) is 2.90. The number of hydrogen-bond donors (Lipinski definition) is 1. The quantitative estimate of drug-likeness (QED) is 0.899. The van der Waals surface area contributed by atoms with Gasteiger partial charge in [0.05, 0.1) is 5.69 Å². The van der Waals surface area contributed by atoms with Gasteiger partial charge >= 0.3 is 6.03 Å². The van der Waals surface area contributed by atoms with Gasteiger partial charge in [0.15, 0.2) is 0 Å². The van der Waals surface area contributed by atoms with Crippen molar-refractivity contribution in [2.24, 2.45) is 0 Å². The second kappa shape index (κ2) is 7.61. The lowest BCUT2D eigenvalue weighted by molar-refractivity contribution is 0.212. The van der Waals surface area contributed by atoms with Gasteiger partial charge in [0.25, 0.3) is 0 Å². The van der Waals surface area contributed by atoms with Gasteiger partial charge in [0.1, 0.15) is 6.26 Å². The number of carbonyl (C=O) groups excluding carboxylic acids is 1. The smallest absolute Gasteiger partial charge is 0.321 e.